The zero-order valence-corrected chi connectivity index (χ0v) is 18.2. The molecule has 0 aliphatic heterocycles. The van der Waals surface area contributed by atoms with Crippen molar-refractivity contribution >= 4 is 23.4 Å². The van der Waals surface area contributed by atoms with Gasteiger partial charge in [0.05, 0.1) is 0 Å². The van der Waals surface area contributed by atoms with E-state index in [9.17, 15) is 9.59 Å². The van der Waals surface area contributed by atoms with Crippen molar-refractivity contribution in [1.29, 1.82) is 0 Å². The molecule has 0 fully saturated rings. The number of nitrogens with one attached hydrogen (secondary N) is 1. The average molecular weight is 417 g/mol. The van der Waals surface area contributed by atoms with Crippen LogP contribution in [0, 0.1) is 0 Å². The Morgan fingerprint density at radius 2 is 1.69 bits per heavy atom. The zero-order valence-electron chi connectivity index (χ0n) is 17.4. The first kappa shape index (κ1) is 22.8. The summed E-state index contributed by atoms with van der Waals surface area (Å²) < 4.78 is 5.61. The van der Waals surface area contributed by atoms with Crippen LogP contribution >= 0.6 is 11.6 Å². The molecule has 156 valence electrons. The van der Waals surface area contributed by atoms with Crippen LogP contribution in [0.5, 0.6) is 5.75 Å². The molecule has 0 radical (unpaired) electrons. The van der Waals surface area contributed by atoms with Crippen LogP contribution in [0.1, 0.15) is 33.3 Å². The van der Waals surface area contributed by atoms with E-state index in [-0.39, 0.29) is 24.0 Å². The van der Waals surface area contributed by atoms with Gasteiger partial charge in [-0.2, -0.15) is 0 Å². The van der Waals surface area contributed by atoms with Gasteiger partial charge in [0.1, 0.15) is 11.8 Å². The third kappa shape index (κ3) is 7.78. The van der Waals surface area contributed by atoms with Crippen molar-refractivity contribution < 1.29 is 14.3 Å². The Kier molecular flexibility index (Phi) is 8.09. The highest BCUT2D eigenvalue weighted by Crippen LogP contribution is 2.16. The van der Waals surface area contributed by atoms with Gasteiger partial charge in [-0.1, -0.05) is 41.9 Å². The van der Waals surface area contributed by atoms with E-state index >= 15 is 0 Å². The van der Waals surface area contributed by atoms with Gasteiger partial charge < -0.3 is 15.0 Å². The van der Waals surface area contributed by atoms with Crippen LogP contribution in [0.25, 0.3) is 0 Å². The quantitative estimate of drug-likeness (QED) is 0.705. The third-order valence-electron chi connectivity index (χ3n) is 4.33. The normalized spacial score (nSPS) is 12.2. The molecular weight excluding hydrogens is 388 g/mol. The molecular formula is C23H29ClN2O3. The number of hydrogen-bond donors (Lipinski definition) is 1. The molecule has 2 rings (SSSR count). The molecule has 2 aromatic rings. The first-order chi connectivity index (χ1) is 13.7. The average Bonchev–Trinajstić information content (AvgIpc) is 2.67. The summed E-state index contributed by atoms with van der Waals surface area (Å²) >= 11 is 5.88. The summed E-state index contributed by atoms with van der Waals surface area (Å²) in [5.74, 6) is 0.121. The maximum atomic E-state index is 12.9. The van der Waals surface area contributed by atoms with Gasteiger partial charge in [0.15, 0.2) is 6.61 Å². The van der Waals surface area contributed by atoms with Gasteiger partial charge in [-0.05, 0) is 63.9 Å². The standard InChI is InChI=1S/C23H29ClN2O3/c1-17(22(28)25-23(2,3)4)26(15-14-18-8-6-5-7-9-18)21(27)16-29-20-12-10-19(24)11-13-20/h5-13,17H,14-16H2,1-4H3,(H,25,28)/t17-/m1/s1. The molecule has 2 amide bonds. The highest BCUT2D eigenvalue weighted by molar-refractivity contribution is 6.30. The second kappa shape index (κ2) is 10.3. The number of hydrogen-bond acceptors (Lipinski definition) is 3. The monoisotopic (exact) mass is 416 g/mol. The minimum absolute atomic E-state index is 0.149. The number of carbonyl (C=O) groups excluding carboxylic acids is 2. The van der Waals surface area contributed by atoms with Gasteiger partial charge in [-0.3, -0.25) is 9.59 Å². The summed E-state index contributed by atoms with van der Waals surface area (Å²) in [6, 6.07) is 16.1. The fraction of sp³-hybridized carbons (Fsp3) is 0.391. The van der Waals surface area contributed by atoms with E-state index in [0.717, 1.165) is 5.56 Å². The summed E-state index contributed by atoms with van der Waals surface area (Å²) in [6.45, 7) is 7.76. The molecule has 0 saturated carbocycles. The molecule has 6 heteroatoms. The van der Waals surface area contributed by atoms with Gasteiger partial charge >= 0.3 is 0 Å². The van der Waals surface area contributed by atoms with Gasteiger partial charge in [0.25, 0.3) is 5.91 Å². The summed E-state index contributed by atoms with van der Waals surface area (Å²) in [5, 5.41) is 3.54. The van der Waals surface area contributed by atoms with E-state index in [1.807, 2.05) is 51.1 Å². The highest BCUT2D eigenvalue weighted by atomic mass is 35.5. The van der Waals surface area contributed by atoms with Crippen molar-refractivity contribution in [3.8, 4) is 5.75 Å². The summed E-state index contributed by atoms with van der Waals surface area (Å²) in [7, 11) is 0. The fourth-order valence-corrected chi connectivity index (χ4v) is 2.93. The Labute approximate surface area is 178 Å². The second-order valence-corrected chi connectivity index (χ2v) is 8.42. The van der Waals surface area contributed by atoms with Crippen LogP contribution in [0.2, 0.25) is 5.02 Å². The van der Waals surface area contributed by atoms with E-state index in [2.05, 4.69) is 5.32 Å². The molecule has 1 N–H and O–H groups in total. The van der Waals surface area contributed by atoms with Crippen molar-refractivity contribution in [2.24, 2.45) is 0 Å². The lowest BCUT2D eigenvalue weighted by Crippen LogP contribution is -2.53. The maximum Gasteiger partial charge on any atom is 0.261 e. The molecule has 0 bridgehead atoms. The van der Waals surface area contributed by atoms with E-state index in [1.54, 1.807) is 36.1 Å². The molecule has 1 atom stereocenters. The molecule has 0 unspecified atom stereocenters. The smallest absolute Gasteiger partial charge is 0.261 e. The molecule has 2 aromatic carbocycles. The lowest BCUT2D eigenvalue weighted by molar-refractivity contribution is -0.142. The largest absolute Gasteiger partial charge is 0.484 e. The zero-order chi connectivity index (χ0) is 21.4. The topological polar surface area (TPSA) is 58.6 Å². The van der Waals surface area contributed by atoms with Crippen LogP contribution in [0.15, 0.2) is 54.6 Å². The van der Waals surface area contributed by atoms with E-state index in [0.29, 0.717) is 23.7 Å². The van der Waals surface area contributed by atoms with Crippen molar-refractivity contribution in [2.75, 3.05) is 13.2 Å². The highest BCUT2D eigenvalue weighted by Gasteiger charge is 2.28. The van der Waals surface area contributed by atoms with Gasteiger partial charge in [0, 0.05) is 17.1 Å². The Hall–Kier alpha value is -2.53. The first-order valence-corrected chi connectivity index (χ1v) is 10.1. The van der Waals surface area contributed by atoms with Crippen LogP contribution in [0.3, 0.4) is 0 Å². The molecule has 0 spiro atoms. The van der Waals surface area contributed by atoms with E-state index in [1.165, 1.54) is 0 Å². The minimum atomic E-state index is -0.612. The number of ether oxygens (including phenoxy) is 1. The molecule has 5 nitrogen and oxygen atoms in total. The van der Waals surface area contributed by atoms with Crippen LogP contribution < -0.4 is 10.1 Å². The van der Waals surface area contributed by atoms with Crippen LogP contribution in [-0.2, 0) is 16.0 Å². The maximum absolute atomic E-state index is 12.9. The minimum Gasteiger partial charge on any atom is -0.484 e. The molecule has 29 heavy (non-hydrogen) atoms. The number of carbonyl (C=O) groups is 2. The van der Waals surface area contributed by atoms with Crippen molar-refractivity contribution in [3.63, 3.8) is 0 Å². The SMILES string of the molecule is C[C@H](C(=O)NC(C)(C)C)N(CCc1ccccc1)C(=O)COc1ccc(Cl)cc1. The Bertz CT molecular complexity index is 801. The van der Waals surface area contributed by atoms with Crippen molar-refractivity contribution in [2.45, 2.75) is 45.7 Å². The Morgan fingerprint density at radius 1 is 1.07 bits per heavy atom. The van der Waals surface area contributed by atoms with E-state index < -0.39 is 6.04 Å². The number of rotatable bonds is 8. The molecule has 0 saturated heterocycles. The molecule has 0 aromatic heterocycles. The number of amides is 2. The Balaban J connectivity index is 2.07. The second-order valence-electron chi connectivity index (χ2n) is 7.98. The molecule has 0 aliphatic rings. The van der Waals surface area contributed by atoms with E-state index in [4.69, 9.17) is 16.3 Å². The predicted octanol–water partition coefficient (Wildman–Crippen LogP) is 4.09. The van der Waals surface area contributed by atoms with Crippen LogP contribution in [-0.4, -0.2) is 41.4 Å². The number of halogens is 1. The lowest BCUT2D eigenvalue weighted by atomic mass is 10.1. The van der Waals surface area contributed by atoms with Crippen molar-refractivity contribution in [3.05, 3.63) is 65.2 Å². The predicted molar refractivity (Wildman–Crippen MR) is 116 cm³/mol. The molecule has 0 heterocycles. The lowest BCUT2D eigenvalue weighted by Gasteiger charge is -2.31. The number of nitrogens with zero attached hydrogens (tertiary/aromatic N) is 1. The summed E-state index contributed by atoms with van der Waals surface area (Å²) in [6.07, 6.45) is 0.653. The Morgan fingerprint density at radius 3 is 2.28 bits per heavy atom. The summed E-state index contributed by atoms with van der Waals surface area (Å²) in [4.78, 5) is 27.2. The summed E-state index contributed by atoms with van der Waals surface area (Å²) in [5.41, 5.74) is 0.728. The third-order valence-corrected chi connectivity index (χ3v) is 4.58. The van der Waals surface area contributed by atoms with Gasteiger partial charge in [-0.25, -0.2) is 0 Å². The van der Waals surface area contributed by atoms with Crippen LogP contribution in [0.4, 0.5) is 0 Å². The fourth-order valence-electron chi connectivity index (χ4n) is 2.80. The molecule has 0 aliphatic carbocycles. The number of benzene rings is 2. The first-order valence-electron chi connectivity index (χ1n) is 9.69. The van der Waals surface area contributed by atoms with Gasteiger partial charge in [0.2, 0.25) is 5.91 Å². The van der Waals surface area contributed by atoms with Gasteiger partial charge in [-0.15, -0.1) is 0 Å². The van der Waals surface area contributed by atoms with Crippen molar-refractivity contribution in [1.82, 2.24) is 10.2 Å².